The number of sulfonamides is 1. The van der Waals surface area contributed by atoms with Gasteiger partial charge in [-0.25, -0.2) is 13.1 Å². The molecule has 1 heterocycles. The van der Waals surface area contributed by atoms with Crippen LogP contribution in [0.5, 0.6) is 5.75 Å². The number of hydrogen-bond donors (Lipinski definition) is 1. The summed E-state index contributed by atoms with van der Waals surface area (Å²) in [5.74, 6) is 1.28. The number of aromatic nitrogens is 2. The zero-order valence-electron chi connectivity index (χ0n) is 16.4. The molecule has 3 aromatic rings. The molecule has 6 nitrogen and oxygen atoms in total. The van der Waals surface area contributed by atoms with Crippen LogP contribution in [0.2, 0.25) is 0 Å². The van der Waals surface area contributed by atoms with E-state index in [0.29, 0.717) is 5.92 Å². The number of nitrogens with one attached hydrogen (secondary N) is 1. The van der Waals surface area contributed by atoms with Crippen molar-refractivity contribution >= 4 is 10.0 Å². The second kappa shape index (κ2) is 8.39. The van der Waals surface area contributed by atoms with Crippen molar-refractivity contribution in [3.8, 4) is 5.75 Å². The van der Waals surface area contributed by atoms with Gasteiger partial charge in [-0.15, -0.1) is 0 Å². The van der Waals surface area contributed by atoms with Gasteiger partial charge >= 0.3 is 0 Å². The molecule has 2 aromatic carbocycles. The fourth-order valence-corrected chi connectivity index (χ4v) is 4.83. The molecule has 152 valence electrons. The summed E-state index contributed by atoms with van der Waals surface area (Å²) in [5, 5.41) is 3.90. The highest BCUT2D eigenvalue weighted by Gasteiger charge is 2.23. The van der Waals surface area contributed by atoms with Crippen LogP contribution in [0.25, 0.3) is 0 Å². The highest BCUT2D eigenvalue weighted by atomic mass is 32.2. The highest BCUT2D eigenvalue weighted by Crippen LogP contribution is 2.37. The Morgan fingerprint density at radius 1 is 1.21 bits per heavy atom. The number of rotatable bonds is 8. The maximum atomic E-state index is 12.2. The molecule has 1 atom stereocenters. The van der Waals surface area contributed by atoms with E-state index in [1.54, 1.807) is 7.05 Å². The van der Waals surface area contributed by atoms with Gasteiger partial charge in [0.15, 0.2) is 0 Å². The third kappa shape index (κ3) is 4.68. The number of benzene rings is 2. The second-order valence-corrected chi connectivity index (χ2v) is 9.15. The molecule has 0 bridgehead atoms. The van der Waals surface area contributed by atoms with Gasteiger partial charge < -0.3 is 4.74 Å². The molecular formula is C22H25N3O3S. The quantitative estimate of drug-likeness (QED) is 0.578. The molecule has 1 aliphatic rings. The molecule has 0 spiro atoms. The lowest BCUT2D eigenvalue weighted by atomic mass is 9.93. The Labute approximate surface area is 171 Å². The van der Waals surface area contributed by atoms with Crippen molar-refractivity contribution < 1.29 is 13.2 Å². The lowest BCUT2D eigenvalue weighted by Crippen LogP contribution is -2.28. The number of fused-ring (bicyclic) bond motifs is 1. The van der Waals surface area contributed by atoms with Crippen molar-refractivity contribution in [2.75, 3.05) is 13.2 Å². The van der Waals surface area contributed by atoms with Gasteiger partial charge in [0.1, 0.15) is 17.3 Å². The zero-order valence-corrected chi connectivity index (χ0v) is 17.2. The highest BCUT2D eigenvalue weighted by molar-refractivity contribution is 7.89. The van der Waals surface area contributed by atoms with Crippen molar-refractivity contribution in [2.24, 2.45) is 7.05 Å². The number of nitrogens with zero attached hydrogens (tertiary/aromatic N) is 2. The summed E-state index contributed by atoms with van der Waals surface area (Å²) in [6.45, 7) is 0.462. The summed E-state index contributed by atoms with van der Waals surface area (Å²) in [5.41, 5.74) is 4.08. The van der Waals surface area contributed by atoms with E-state index < -0.39 is 10.0 Å². The molecule has 0 fully saturated rings. The first-order valence-corrected chi connectivity index (χ1v) is 11.3. The Balaban J connectivity index is 1.34. The molecule has 7 heteroatoms. The van der Waals surface area contributed by atoms with Crippen molar-refractivity contribution in [1.29, 1.82) is 0 Å². The summed E-state index contributed by atoms with van der Waals surface area (Å²) >= 11 is 0. The maximum absolute atomic E-state index is 12.2. The van der Waals surface area contributed by atoms with Crippen molar-refractivity contribution in [1.82, 2.24) is 14.5 Å². The third-order valence-corrected chi connectivity index (χ3v) is 6.71. The van der Waals surface area contributed by atoms with Gasteiger partial charge in [-0.3, -0.25) is 4.68 Å². The maximum Gasteiger partial charge on any atom is 0.243 e. The van der Waals surface area contributed by atoms with Crippen LogP contribution in [-0.4, -0.2) is 31.3 Å². The Morgan fingerprint density at radius 3 is 2.79 bits per heavy atom. The van der Waals surface area contributed by atoms with Gasteiger partial charge in [-0.05, 0) is 54.0 Å². The van der Waals surface area contributed by atoms with E-state index >= 15 is 0 Å². The average Bonchev–Trinajstić information content (AvgIpc) is 3.33. The first-order valence-electron chi connectivity index (χ1n) is 9.79. The summed E-state index contributed by atoms with van der Waals surface area (Å²) in [6.07, 6.45) is 6.08. The van der Waals surface area contributed by atoms with E-state index in [1.807, 2.05) is 12.1 Å². The molecule has 0 radical (unpaired) electrons. The molecule has 4 rings (SSSR count). The predicted octanol–water partition coefficient (Wildman–Crippen LogP) is 3.05. The van der Waals surface area contributed by atoms with Gasteiger partial charge in [-0.2, -0.15) is 5.10 Å². The molecule has 0 saturated carbocycles. The molecule has 0 saturated heterocycles. The molecule has 1 aromatic heterocycles. The van der Waals surface area contributed by atoms with E-state index in [9.17, 15) is 8.42 Å². The fraction of sp³-hybridized carbons (Fsp3) is 0.318. The molecule has 1 N–H and O–H groups in total. The molecule has 0 amide bonds. The van der Waals surface area contributed by atoms with Gasteiger partial charge in [0.05, 0.1) is 6.20 Å². The summed E-state index contributed by atoms with van der Waals surface area (Å²) in [7, 11) is -1.88. The lowest BCUT2D eigenvalue weighted by Gasteiger charge is -2.14. The van der Waals surface area contributed by atoms with Crippen molar-refractivity contribution in [3.05, 3.63) is 77.6 Å². The van der Waals surface area contributed by atoms with Crippen molar-refractivity contribution in [3.63, 3.8) is 0 Å². The Kier molecular flexibility index (Phi) is 5.69. The normalized spacial score (nSPS) is 16.0. The van der Waals surface area contributed by atoms with Crippen LogP contribution < -0.4 is 9.46 Å². The molecule has 0 aliphatic heterocycles. The Hall–Kier alpha value is -2.64. The fourth-order valence-electron chi connectivity index (χ4n) is 3.83. The first kappa shape index (κ1) is 19.7. The van der Waals surface area contributed by atoms with Gasteiger partial charge in [0.25, 0.3) is 0 Å². The zero-order chi connectivity index (χ0) is 20.3. The number of hydrogen-bond acceptors (Lipinski definition) is 4. The van der Waals surface area contributed by atoms with E-state index in [4.69, 9.17) is 4.74 Å². The SMILES string of the molecule is Cn1cc(S(=O)(=O)NCCOc2ccc3c(c2)C(Cc2ccccc2)CC3)cn1. The minimum Gasteiger partial charge on any atom is -0.492 e. The minimum absolute atomic E-state index is 0.154. The second-order valence-electron chi connectivity index (χ2n) is 7.38. The standard InChI is InChI=1S/C22H25N3O3S/c1-25-16-21(15-23-25)29(26,27)24-11-12-28-20-10-9-18-7-8-19(22(18)14-20)13-17-5-3-2-4-6-17/h2-6,9-10,14-16,19,24H,7-8,11-13H2,1H3. The number of ether oxygens (including phenoxy) is 1. The van der Waals surface area contributed by atoms with Crippen LogP contribution >= 0.6 is 0 Å². The summed E-state index contributed by atoms with van der Waals surface area (Å²) in [4.78, 5) is 0.154. The first-order chi connectivity index (χ1) is 14.0. The van der Waals surface area contributed by atoms with Gasteiger partial charge in [0.2, 0.25) is 10.0 Å². The molecule has 1 unspecified atom stereocenters. The monoisotopic (exact) mass is 411 g/mol. The topological polar surface area (TPSA) is 73.2 Å². The number of aryl methyl sites for hydroxylation is 2. The van der Waals surface area contributed by atoms with Crippen molar-refractivity contribution in [2.45, 2.75) is 30.1 Å². The smallest absolute Gasteiger partial charge is 0.243 e. The molecular weight excluding hydrogens is 386 g/mol. The Bertz CT molecular complexity index is 1080. The van der Waals surface area contributed by atoms with E-state index in [-0.39, 0.29) is 18.0 Å². The van der Waals surface area contributed by atoms with E-state index in [0.717, 1.165) is 25.0 Å². The van der Waals surface area contributed by atoms with E-state index in [2.05, 4.69) is 46.2 Å². The Morgan fingerprint density at radius 2 is 2.03 bits per heavy atom. The average molecular weight is 412 g/mol. The largest absolute Gasteiger partial charge is 0.492 e. The van der Waals surface area contributed by atoms with Crippen LogP contribution in [0, 0.1) is 0 Å². The van der Waals surface area contributed by atoms with E-state index in [1.165, 1.54) is 33.8 Å². The minimum atomic E-state index is -3.56. The summed E-state index contributed by atoms with van der Waals surface area (Å²) < 4.78 is 34.2. The van der Waals surface area contributed by atoms with Crippen LogP contribution in [-0.2, 0) is 29.9 Å². The molecule has 29 heavy (non-hydrogen) atoms. The van der Waals surface area contributed by atoms with Crippen LogP contribution in [0.4, 0.5) is 0 Å². The van der Waals surface area contributed by atoms with Crippen LogP contribution in [0.15, 0.2) is 65.8 Å². The third-order valence-electron chi connectivity index (χ3n) is 5.30. The van der Waals surface area contributed by atoms with Gasteiger partial charge in [0, 0.05) is 19.8 Å². The lowest BCUT2D eigenvalue weighted by molar-refractivity contribution is 0.322. The van der Waals surface area contributed by atoms with Gasteiger partial charge in [-0.1, -0.05) is 36.4 Å². The summed E-state index contributed by atoms with van der Waals surface area (Å²) in [6, 6.07) is 16.8. The molecule has 1 aliphatic carbocycles. The van der Waals surface area contributed by atoms with Crippen LogP contribution in [0.1, 0.15) is 29.0 Å². The predicted molar refractivity (Wildman–Crippen MR) is 112 cm³/mol. The van der Waals surface area contributed by atoms with Crippen LogP contribution in [0.3, 0.4) is 0 Å².